The lowest BCUT2D eigenvalue weighted by Crippen LogP contribution is -2.42. The lowest BCUT2D eigenvalue weighted by Gasteiger charge is -2.29. The lowest BCUT2D eigenvalue weighted by molar-refractivity contribution is -0.00482. The zero-order valence-electron chi connectivity index (χ0n) is 19.5. The van der Waals surface area contributed by atoms with Crippen molar-refractivity contribution in [3.8, 4) is 0 Å². The van der Waals surface area contributed by atoms with Crippen LogP contribution in [0.5, 0.6) is 0 Å². The zero-order valence-corrected chi connectivity index (χ0v) is 20.4. The highest BCUT2D eigenvalue weighted by atomic mass is 32.2. The normalized spacial score (nSPS) is 25.1. The van der Waals surface area contributed by atoms with Crippen LogP contribution in [0.2, 0.25) is 0 Å². The Balaban J connectivity index is 1.95. The molecule has 0 unspecified atom stereocenters. The van der Waals surface area contributed by atoms with Gasteiger partial charge >= 0.3 is 12.2 Å². The van der Waals surface area contributed by atoms with Crippen LogP contribution in [0, 0.1) is 0 Å². The Labute approximate surface area is 185 Å². The van der Waals surface area contributed by atoms with Gasteiger partial charge in [0.25, 0.3) is 10.1 Å². The Kier molecular flexibility index (Phi) is 7.86. The second kappa shape index (κ2) is 9.50. The van der Waals surface area contributed by atoms with Gasteiger partial charge in [-0.1, -0.05) is 0 Å². The van der Waals surface area contributed by atoms with Crippen LogP contribution in [0.3, 0.4) is 0 Å². The van der Waals surface area contributed by atoms with Crippen molar-refractivity contribution in [2.75, 3.05) is 32.5 Å². The molecule has 3 atom stereocenters. The molecule has 0 N–H and O–H groups in total. The SMILES string of the molecule is CC(C)(C)OC(=O)N1CC[C@@H](OC[C@@H]2C[C@@H](OS(C)(=O)=O)CN2C(=O)OC(C)(C)C)C1. The maximum absolute atomic E-state index is 12.6. The molecule has 0 aliphatic carbocycles. The number of carbonyl (C=O) groups is 2. The monoisotopic (exact) mass is 464 g/mol. The molecule has 2 aliphatic heterocycles. The Bertz CT molecular complexity index is 756. The third-order valence-corrected chi connectivity index (χ3v) is 5.26. The van der Waals surface area contributed by atoms with E-state index in [2.05, 4.69) is 0 Å². The first kappa shape index (κ1) is 25.7. The van der Waals surface area contributed by atoms with E-state index >= 15 is 0 Å². The third kappa shape index (κ3) is 8.82. The number of rotatable bonds is 5. The van der Waals surface area contributed by atoms with Crippen LogP contribution >= 0.6 is 0 Å². The molecule has 11 heteroatoms. The summed E-state index contributed by atoms with van der Waals surface area (Å²) >= 11 is 0. The van der Waals surface area contributed by atoms with Crippen LogP contribution < -0.4 is 0 Å². The maximum Gasteiger partial charge on any atom is 0.410 e. The van der Waals surface area contributed by atoms with E-state index in [0.29, 0.717) is 25.9 Å². The minimum atomic E-state index is -3.66. The Hall–Kier alpha value is -1.59. The minimum Gasteiger partial charge on any atom is -0.444 e. The first-order valence-electron chi connectivity index (χ1n) is 10.5. The standard InChI is InChI=1S/C20H36N2O8S/c1-19(2,3)28-17(23)21-9-8-15(11-21)27-13-14-10-16(30-31(7,25)26)12-22(14)18(24)29-20(4,5)6/h14-16H,8-13H2,1-7H3/t14-,15+,16+/m0/s1. The van der Waals surface area contributed by atoms with Crippen molar-refractivity contribution in [3.63, 3.8) is 0 Å². The average Bonchev–Trinajstić information content (AvgIpc) is 3.14. The van der Waals surface area contributed by atoms with E-state index in [0.717, 1.165) is 6.26 Å². The predicted octanol–water partition coefficient (Wildman–Crippen LogP) is 2.37. The molecule has 2 fully saturated rings. The van der Waals surface area contributed by atoms with E-state index in [4.69, 9.17) is 18.4 Å². The van der Waals surface area contributed by atoms with Crippen molar-refractivity contribution in [1.82, 2.24) is 9.80 Å². The molecule has 2 aliphatic rings. The van der Waals surface area contributed by atoms with Crippen molar-refractivity contribution in [2.45, 2.75) is 83.8 Å². The summed E-state index contributed by atoms with van der Waals surface area (Å²) in [6, 6.07) is -0.392. The van der Waals surface area contributed by atoms with Crippen LogP contribution in [0.4, 0.5) is 9.59 Å². The smallest absolute Gasteiger partial charge is 0.410 e. The highest BCUT2D eigenvalue weighted by molar-refractivity contribution is 7.86. The van der Waals surface area contributed by atoms with Gasteiger partial charge in [0.1, 0.15) is 11.2 Å². The predicted molar refractivity (Wildman–Crippen MR) is 113 cm³/mol. The van der Waals surface area contributed by atoms with Crippen molar-refractivity contribution in [1.29, 1.82) is 0 Å². The molecule has 31 heavy (non-hydrogen) atoms. The topological polar surface area (TPSA) is 112 Å². The lowest BCUT2D eigenvalue weighted by atomic mass is 10.2. The van der Waals surface area contributed by atoms with E-state index in [9.17, 15) is 18.0 Å². The summed E-state index contributed by atoms with van der Waals surface area (Å²) in [5.41, 5.74) is -1.25. The molecule has 0 aromatic heterocycles. The molecule has 2 heterocycles. The molecule has 0 radical (unpaired) electrons. The van der Waals surface area contributed by atoms with Gasteiger partial charge in [-0.05, 0) is 54.4 Å². The van der Waals surface area contributed by atoms with Crippen molar-refractivity contribution in [3.05, 3.63) is 0 Å². The quantitative estimate of drug-likeness (QED) is 0.570. The summed E-state index contributed by atoms with van der Waals surface area (Å²) in [5, 5.41) is 0. The van der Waals surface area contributed by atoms with Gasteiger partial charge < -0.3 is 24.0 Å². The number of hydrogen-bond acceptors (Lipinski definition) is 8. The van der Waals surface area contributed by atoms with E-state index in [1.165, 1.54) is 4.90 Å². The van der Waals surface area contributed by atoms with E-state index in [-0.39, 0.29) is 25.3 Å². The molecular weight excluding hydrogens is 428 g/mol. The summed E-state index contributed by atoms with van der Waals surface area (Å²) in [5.74, 6) is 0. The largest absolute Gasteiger partial charge is 0.444 e. The van der Waals surface area contributed by atoms with E-state index in [1.54, 1.807) is 25.7 Å². The highest BCUT2D eigenvalue weighted by Crippen LogP contribution is 2.26. The fourth-order valence-corrected chi connectivity index (χ4v) is 4.13. The molecule has 2 amide bonds. The summed E-state index contributed by atoms with van der Waals surface area (Å²) in [6.07, 6.45) is 0.189. The highest BCUT2D eigenvalue weighted by Gasteiger charge is 2.40. The van der Waals surface area contributed by atoms with Gasteiger partial charge in [0, 0.05) is 6.54 Å². The Morgan fingerprint density at radius 2 is 1.52 bits per heavy atom. The number of ether oxygens (including phenoxy) is 3. The average molecular weight is 465 g/mol. The van der Waals surface area contributed by atoms with E-state index in [1.807, 2.05) is 20.8 Å². The van der Waals surface area contributed by atoms with Gasteiger partial charge in [0.2, 0.25) is 0 Å². The fraction of sp³-hybridized carbons (Fsp3) is 0.900. The second-order valence-corrected chi connectivity index (χ2v) is 11.7. The number of hydrogen-bond donors (Lipinski definition) is 0. The number of likely N-dealkylation sites (tertiary alicyclic amines) is 2. The van der Waals surface area contributed by atoms with Crippen LogP contribution in [-0.4, -0.2) is 92.4 Å². The molecule has 0 saturated carbocycles. The molecule has 2 saturated heterocycles. The molecule has 180 valence electrons. The minimum absolute atomic E-state index is 0.102. The van der Waals surface area contributed by atoms with Gasteiger partial charge in [-0.25, -0.2) is 9.59 Å². The number of nitrogens with zero attached hydrogens (tertiary/aromatic N) is 2. The molecule has 0 spiro atoms. The van der Waals surface area contributed by atoms with Gasteiger partial charge in [-0.3, -0.25) is 4.18 Å². The zero-order chi connectivity index (χ0) is 23.6. The fourth-order valence-electron chi connectivity index (χ4n) is 3.50. The van der Waals surface area contributed by atoms with Gasteiger partial charge in [0.15, 0.2) is 0 Å². The van der Waals surface area contributed by atoms with E-state index < -0.39 is 39.6 Å². The second-order valence-electron chi connectivity index (χ2n) is 10.1. The first-order valence-corrected chi connectivity index (χ1v) is 12.3. The van der Waals surface area contributed by atoms with Gasteiger partial charge in [-0.2, -0.15) is 8.42 Å². The first-order chi connectivity index (χ1) is 14.0. The molecule has 10 nitrogen and oxygen atoms in total. The molecular formula is C20H36N2O8S. The number of carbonyl (C=O) groups excluding carboxylic acids is 2. The summed E-state index contributed by atoms with van der Waals surface area (Å²) in [6.45, 7) is 12.0. The van der Waals surface area contributed by atoms with Crippen molar-refractivity contribution in [2.24, 2.45) is 0 Å². The summed E-state index contributed by atoms with van der Waals surface area (Å²) < 4.78 is 45.0. The van der Waals surface area contributed by atoms with Crippen LogP contribution in [0.25, 0.3) is 0 Å². The summed E-state index contributed by atoms with van der Waals surface area (Å²) in [7, 11) is -3.66. The maximum atomic E-state index is 12.6. The molecule has 2 rings (SSSR count). The Morgan fingerprint density at radius 3 is 2.06 bits per heavy atom. The number of amides is 2. The van der Waals surface area contributed by atoms with Gasteiger partial charge in [-0.15, -0.1) is 0 Å². The van der Waals surface area contributed by atoms with Crippen molar-refractivity contribution >= 4 is 22.3 Å². The molecule has 0 aromatic carbocycles. The summed E-state index contributed by atoms with van der Waals surface area (Å²) in [4.78, 5) is 27.9. The molecule has 0 bridgehead atoms. The van der Waals surface area contributed by atoms with Gasteiger partial charge in [0.05, 0.1) is 44.2 Å². The van der Waals surface area contributed by atoms with Crippen molar-refractivity contribution < 1.29 is 36.4 Å². The van der Waals surface area contributed by atoms with Crippen LogP contribution in [-0.2, 0) is 28.5 Å². The van der Waals surface area contributed by atoms with Crippen LogP contribution in [0.1, 0.15) is 54.4 Å². The van der Waals surface area contributed by atoms with Crippen LogP contribution in [0.15, 0.2) is 0 Å². The Morgan fingerprint density at radius 1 is 0.935 bits per heavy atom. The molecule has 0 aromatic rings. The third-order valence-electron chi connectivity index (χ3n) is 4.64.